The second-order valence-electron chi connectivity index (χ2n) is 4.44. The Morgan fingerprint density at radius 3 is 1.50 bits per heavy atom. The van der Waals surface area contributed by atoms with E-state index in [9.17, 15) is 4.39 Å². The van der Waals surface area contributed by atoms with E-state index in [1.165, 1.54) is 29.8 Å². The minimum absolute atomic E-state index is 0. The van der Waals surface area contributed by atoms with Crippen molar-refractivity contribution in [3.05, 3.63) is 121 Å². The minimum Gasteiger partial charge on any atom is -1.00 e. The van der Waals surface area contributed by atoms with Gasteiger partial charge in [0.1, 0.15) is 0 Å². The van der Waals surface area contributed by atoms with Crippen molar-refractivity contribution >= 4 is 46.1 Å². The Morgan fingerprint density at radius 2 is 1.25 bits per heavy atom. The average molecular weight is 517 g/mol. The third-order valence-corrected chi connectivity index (χ3v) is 2.73. The van der Waals surface area contributed by atoms with E-state index in [2.05, 4.69) is 31.0 Å². The normalized spacial score (nSPS) is 7.04. The van der Waals surface area contributed by atoms with Crippen LogP contribution in [0.25, 0.3) is 0 Å². The maximum atomic E-state index is 11.9. The van der Waals surface area contributed by atoms with Gasteiger partial charge in [0.2, 0.25) is 0 Å². The average Bonchev–Trinajstić information content (AvgIpc) is 2.65. The van der Waals surface area contributed by atoms with Crippen LogP contribution in [0.5, 0.6) is 0 Å². The maximum Gasteiger partial charge on any atom is 2.00 e. The minimum atomic E-state index is -0.209. The number of rotatable bonds is 1. The van der Waals surface area contributed by atoms with E-state index in [0.717, 1.165) is 12.0 Å². The second-order valence-corrected chi connectivity index (χ2v) is 4.44. The molecule has 0 aliphatic heterocycles. The molecule has 0 amide bonds. The molecule has 132 valence electrons. The molecule has 0 aliphatic carbocycles. The first-order valence-corrected chi connectivity index (χ1v) is 7.19. The molecule has 0 fully saturated rings. The third-order valence-electron chi connectivity index (χ3n) is 2.73. The summed E-state index contributed by atoms with van der Waals surface area (Å²) in [6.45, 7) is 3.76. The van der Waals surface area contributed by atoms with Crippen molar-refractivity contribution in [3.8, 4) is 5.92 Å². The second kappa shape index (κ2) is 27.2. The van der Waals surface area contributed by atoms with Gasteiger partial charge in [0, 0.05) is 5.82 Å². The zero-order chi connectivity index (χ0) is 16.8. The molecule has 0 spiro atoms. The van der Waals surface area contributed by atoms with Gasteiger partial charge in [-0.2, -0.15) is 24.6 Å². The molecule has 3 rings (SSSR count). The van der Waals surface area contributed by atoms with Crippen LogP contribution in [0.4, 0.5) is 4.39 Å². The summed E-state index contributed by atoms with van der Waals surface area (Å²) < 4.78 is 11.9. The zero-order valence-electron chi connectivity index (χ0n) is 16.0. The smallest absolute Gasteiger partial charge is 1.00 e. The van der Waals surface area contributed by atoms with Crippen molar-refractivity contribution in [3.63, 3.8) is 0 Å². The van der Waals surface area contributed by atoms with Crippen LogP contribution < -0.4 is 52.8 Å². The molecule has 0 radical (unpaired) electrons. The largest absolute Gasteiger partial charge is 2.00 e. The molecular weight excluding hydrogens is 499 g/mol. The Morgan fingerprint density at radius 1 is 0.821 bits per heavy atom. The Kier molecular flexibility index (Phi) is 37.7. The topological polar surface area (TPSA) is 0 Å². The van der Waals surface area contributed by atoms with Crippen LogP contribution in [0, 0.1) is 31.2 Å². The van der Waals surface area contributed by atoms with Crippen molar-refractivity contribution in [2.75, 3.05) is 0 Å². The van der Waals surface area contributed by atoms with Gasteiger partial charge in [0.15, 0.2) is 0 Å². The first-order valence-electron chi connectivity index (χ1n) is 7.19. The van der Waals surface area contributed by atoms with E-state index in [0.29, 0.717) is 0 Å². The first kappa shape index (κ1) is 38.8. The monoisotopic (exact) mass is 514 g/mol. The summed E-state index contributed by atoms with van der Waals surface area (Å²) in [5.74, 6) is 2.07. The van der Waals surface area contributed by atoms with Crippen molar-refractivity contribution in [2.24, 2.45) is 0 Å². The number of benzene rings is 3. The van der Waals surface area contributed by atoms with E-state index in [1.54, 1.807) is 0 Å². The van der Waals surface area contributed by atoms with Gasteiger partial charge in [-0.25, -0.2) is 4.39 Å². The van der Waals surface area contributed by atoms with E-state index >= 15 is 0 Å². The van der Waals surface area contributed by atoms with E-state index < -0.39 is 0 Å². The van der Waals surface area contributed by atoms with Gasteiger partial charge >= 0.3 is 65.0 Å². The van der Waals surface area contributed by atoms with Crippen LogP contribution in [0.3, 0.4) is 0 Å². The van der Waals surface area contributed by atoms with Crippen LogP contribution in [0.2, 0.25) is 0 Å². The van der Waals surface area contributed by atoms with Crippen molar-refractivity contribution < 1.29 is 57.2 Å². The Hall–Kier alpha value is 0.240. The van der Waals surface area contributed by atoms with Gasteiger partial charge in [0.25, 0.3) is 0 Å². The summed E-state index contributed by atoms with van der Waals surface area (Å²) in [6, 6.07) is 28.1. The first-order chi connectivity index (χ1) is 11.3. The molecule has 3 aromatic carbocycles. The van der Waals surface area contributed by atoms with Crippen LogP contribution >= 0.6 is 0 Å². The fourth-order valence-corrected chi connectivity index (χ4v) is 1.53. The molecule has 0 atom stereocenters. The van der Waals surface area contributed by atoms with E-state index in [-0.39, 0.29) is 105 Å². The molecule has 28 heavy (non-hydrogen) atoms. The molecule has 0 aromatic heterocycles. The number of halogens is 3. The van der Waals surface area contributed by atoms with Crippen LogP contribution in [-0.4, -0.2) is 46.1 Å². The SMILES string of the molecule is Fc1cc[c-]cc1.[Br-].[Br-].[C-]#Cc1ccccc1.[CH2-]Cc1ccccc1.[Li+].[Mg+2].[Mg+2]. The third kappa shape index (κ3) is 21.0. The molecule has 0 bridgehead atoms. The molecular formula is C22H18Br2FLiMg2. The molecule has 0 saturated carbocycles. The van der Waals surface area contributed by atoms with E-state index in [1.807, 2.05) is 48.5 Å². The van der Waals surface area contributed by atoms with Gasteiger partial charge in [-0.05, 0) is 0 Å². The van der Waals surface area contributed by atoms with Crippen molar-refractivity contribution in [1.29, 1.82) is 0 Å². The summed E-state index contributed by atoms with van der Waals surface area (Å²) in [5, 5.41) is 0. The maximum absolute atomic E-state index is 11.9. The Labute approximate surface area is 234 Å². The van der Waals surface area contributed by atoms with Gasteiger partial charge in [-0.15, -0.1) is 29.8 Å². The van der Waals surface area contributed by atoms with Crippen molar-refractivity contribution in [1.82, 2.24) is 0 Å². The molecule has 0 N–H and O–H groups in total. The zero-order valence-corrected chi connectivity index (χ0v) is 22.0. The van der Waals surface area contributed by atoms with Crippen LogP contribution in [0.15, 0.2) is 84.9 Å². The summed E-state index contributed by atoms with van der Waals surface area (Å²) in [4.78, 5) is 0. The molecule has 6 heteroatoms. The fraction of sp³-hybridized carbons (Fsp3) is 0.0455. The summed E-state index contributed by atoms with van der Waals surface area (Å²) in [6.07, 6.45) is 7.58. The standard InChI is InChI=1S/C8H9.C8H5.C6H4F.2BrH.Li.2Mg/c2*1-2-8-6-4-3-5-7-8;7-6-4-2-1-3-5-6;;;;;/h3-7H,1-2H2;3-7H;2-5H;2*1H;;;/q3*-1;;;+1;2*+2/p-2. The van der Waals surface area contributed by atoms with Gasteiger partial charge in [-0.3, -0.25) is 5.92 Å². The fourth-order valence-electron chi connectivity index (χ4n) is 1.53. The Bertz CT molecular complexity index is 694. The Balaban J connectivity index is -0.0000000869. The molecule has 0 unspecified atom stereocenters. The van der Waals surface area contributed by atoms with Gasteiger partial charge < -0.3 is 47.3 Å². The molecule has 0 nitrogen and oxygen atoms in total. The number of hydrogen-bond acceptors (Lipinski definition) is 0. The number of hydrogen-bond donors (Lipinski definition) is 0. The molecule has 0 heterocycles. The quantitative estimate of drug-likeness (QED) is 0.174. The van der Waals surface area contributed by atoms with Gasteiger partial charge in [-0.1, -0.05) is 54.1 Å². The summed E-state index contributed by atoms with van der Waals surface area (Å²) in [5.41, 5.74) is 2.12. The molecule has 0 aliphatic rings. The molecule has 0 saturated heterocycles. The van der Waals surface area contributed by atoms with Crippen LogP contribution in [0.1, 0.15) is 11.1 Å². The molecule has 3 aromatic rings. The van der Waals surface area contributed by atoms with Gasteiger partial charge in [0.05, 0.1) is 0 Å². The summed E-state index contributed by atoms with van der Waals surface area (Å²) >= 11 is 0. The summed E-state index contributed by atoms with van der Waals surface area (Å²) in [7, 11) is 0. The van der Waals surface area contributed by atoms with E-state index in [4.69, 9.17) is 6.42 Å². The van der Waals surface area contributed by atoms with Crippen LogP contribution in [-0.2, 0) is 6.42 Å². The van der Waals surface area contributed by atoms with Crippen molar-refractivity contribution in [2.45, 2.75) is 6.42 Å². The predicted octanol–water partition coefficient (Wildman–Crippen LogP) is -4.44. The predicted molar refractivity (Wildman–Crippen MR) is 105 cm³/mol.